The topological polar surface area (TPSA) is 151 Å². The molecule has 9 nitrogen and oxygen atoms in total. The van der Waals surface area contributed by atoms with Gasteiger partial charge in [-0.3, -0.25) is 4.79 Å². The van der Waals surface area contributed by atoms with Crippen molar-refractivity contribution in [3.8, 4) is 16.2 Å². The maximum absolute atomic E-state index is 13.3. The summed E-state index contributed by atoms with van der Waals surface area (Å²) in [5.74, 6) is -2.87. The maximum Gasteiger partial charge on any atom is 0.349 e. The van der Waals surface area contributed by atoms with Crippen molar-refractivity contribution in [1.82, 2.24) is 5.32 Å². The second-order valence-electron chi connectivity index (χ2n) is 9.47. The molecule has 6 N–H and O–H groups in total. The van der Waals surface area contributed by atoms with E-state index < -0.39 is 30.0 Å². The SMILES string of the molecule is Cc1ccc(C(Nc2cccc(-c3sc(C(=O)O)c(OCC(=O)O)c3C)c2)(C(N)=O)C2CCNCC2)cc1. The van der Waals surface area contributed by atoms with Crippen LogP contribution in [0.15, 0.2) is 48.5 Å². The lowest BCUT2D eigenvalue weighted by molar-refractivity contribution is -0.139. The minimum absolute atomic E-state index is 0.0408. The van der Waals surface area contributed by atoms with Crippen molar-refractivity contribution >= 4 is 34.9 Å². The normalized spacial score (nSPS) is 15.4. The van der Waals surface area contributed by atoms with Gasteiger partial charge in [0.25, 0.3) is 0 Å². The molecule has 1 atom stereocenters. The van der Waals surface area contributed by atoms with E-state index in [1.54, 1.807) is 6.92 Å². The smallest absolute Gasteiger partial charge is 0.349 e. The number of aliphatic carboxylic acids is 1. The van der Waals surface area contributed by atoms with Gasteiger partial charge in [0.05, 0.1) is 0 Å². The third-order valence-corrected chi connectivity index (χ3v) is 8.25. The van der Waals surface area contributed by atoms with Crippen LogP contribution in [0.25, 0.3) is 10.4 Å². The summed E-state index contributed by atoms with van der Waals surface area (Å²) in [6.45, 7) is 4.59. The maximum atomic E-state index is 13.3. The van der Waals surface area contributed by atoms with Crippen LogP contribution in [0, 0.1) is 19.8 Å². The van der Waals surface area contributed by atoms with E-state index >= 15 is 0 Å². The summed E-state index contributed by atoms with van der Waals surface area (Å²) in [5, 5.41) is 25.5. The number of rotatable bonds is 10. The van der Waals surface area contributed by atoms with E-state index in [4.69, 9.17) is 15.6 Å². The van der Waals surface area contributed by atoms with Crippen LogP contribution in [0.4, 0.5) is 5.69 Å². The molecule has 200 valence electrons. The monoisotopic (exact) mass is 537 g/mol. The summed E-state index contributed by atoms with van der Waals surface area (Å²) < 4.78 is 5.33. The molecular weight excluding hydrogens is 506 g/mol. The van der Waals surface area contributed by atoms with Crippen LogP contribution in [0.2, 0.25) is 0 Å². The molecule has 2 aromatic carbocycles. The van der Waals surface area contributed by atoms with E-state index in [2.05, 4.69) is 10.6 Å². The quantitative estimate of drug-likeness (QED) is 0.260. The first-order valence-electron chi connectivity index (χ1n) is 12.3. The number of piperidine rings is 1. The number of aromatic carboxylic acids is 1. The van der Waals surface area contributed by atoms with Crippen molar-refractivity contribution in [2.24, 2.45) is 11.7 Å². The number of amides is 1. The summed E-state index contributed by atoms with van der Waals surface area (Å²) in [5.41, 5.74) is 8.76. The lowest BCUT2D eigenvalue weighted by Gasteiger charge is -2.42. The molecule has 4 rings (SSSR count). The van der Waals surface area contributed by atoms with Crippen LogP contribution in [0.3, 0.4) is 0 Å². The first kappa shape index (κ1) is 27.2. The molecule has 0 bridgehead atoms. The van der Waals surface area contributed by atoms with Crippen LogP contribution in [0.1, 0.15) is 39.2 Å². The van der Waals surface area contributed by atoms with Gasteiger partial charge in [0.15, 0.2) is 11.5 Å². The standard InChI is InChI=1S/C28H31N3O6S/c1-16-6-8-19(9-7-16)28(27(29)36,20-10-12-30-13-11-20)31-21-5-3-4-18(14-21)24-17(2)23(37-15-22(32)33)25(38-24)26(34)35/h3-9,14,20,30-31H,10-13,15H2,1-2H3,(H2,29,36)(H,32,33)(H,34,35). The van der Waals surface area contributed by atoms with E-state index in [1.807, 2.05) is 55.5 Å². The number of carbonyl (C=O) groups is 3. The van der Waals surface area contributed by atoms with Gasteiger partial charge in [0.1, 0.15) is 11.3 Å². The average Bonchev–Trinajstić information content (AvgIpc) is 3.23. The molecule has 1 fully saturated rings. The molecule has 0 radical (unpaired) electrons. The molecule has 1 saturated heterocycles. The second-order valence-corrected chi connectivity index (χ2v) is 10.5. The summed E-state index contributed by atoms with van der Waals surface area (Å²) in [6, 6.07) is 15.1. The van der Waals surface area contributed by atoms with Crippen molar-refractivity contribution in [2.45, 2.75) is 32.2 Å². The number of carboxylic acid groups (broad SMARTS) is 2. The van der Waals surface area contributed by atoms with Gasteiger partial charge in [-0.1, -0.05) is 42.0 Å². The van der Waals surface area contributed by atoms with E-state index in [0.29, 0.717) is 21.7 Å². The highest BCUT2D eigenvalue weighted by molar-refractivity contribution is 7.18. The highest BCUT2D eigenvalue weighted by Gasteiger charge is 2.46. The number of nitrogens with one attached hydrogen (secondary N) is 2. The Bertz CT molecular complexity index is 1350. The molecule has 0 saturated carbocycles. The summed E-state index contributed by atoms with van der Waals surface area (Å²) in [6.07, 6.45) is 1.53. The Labute approximate surface area is 224 Å². The Kier molecular flexibility index (Phi) is 8.03. The molecule has 10 heteroatoms. The molecule has 2 heterocycles. The lowest BCUT2D eigenvalue weighted by atomic mass is 9.72. The predicted molar refractivity (Wildman–Crippen MR) is 146 cm³/mol. The first-order chi connectivity index (χ1) is 18.1. The zero-order valence-electron chi connectivity index (χ0n) is 21.2. The number of thiophene rings is 1. The third kappa shape index (κ3) is 5.36. The van der Waals surface area contributed by atoms with Crippen LogP contribution in [-0.4, -0.2) is 47.8 Å². The number of primary amides is 1. The summed E-state index contributed by atoms with van der Waals surface area (Å²) >= 11 is 1.01. The largest absolute Gasteiger partial charge is 0.480 e. The zero-order chi connectivity index (χ0) is 27.4. The van der Waals surface area contributed by atoms with Gasteiger partial charge in [-0.25, -0.2) is 9.59 Å². The fourth-order valence-electron chi connectivity index (χ4n) is 5.07. The lowest BCUT2D eigenvalue weighted by Crippen LogP contribution is -2.55. The van der Waals surface area contributed by atoms with Gasteiger partial charge in [-0.15, -0.1) is 11.3 Å². The van der Waals surface area contributed by atoms with Gasteiger partial charge >= 0.3 is 11.9 Å². The number of anilines is 1. The van der Waals surface area contributed by atoms with E-state index in [0.717, 1.165) is 48.4 Å². The van der Waals surface area contributed by atoms with E-state index in [9.17, 15) is 19.5 Å². The Balaban J connectivity index is 1.78. The molecule has 0 aliphatic carbocycles. The average molecular weight is 538 g/mol. The Morgan fingerprint density at radius 3 is 2.39 bits per heavy atom. The van der Waals surface area contributed by atoms with Crippen molar-refractivity contribution in [2.75, 3.05) is 25.0 Å². The van der Waals surface area contributed by atoms with Gasteiger partial charge in [-0.05, 0) is 69.0 Å². The molecule has 1 amide bonds. The molecule has 1 aliphatic rings. The molecule has 1 unspecified atom stereocenters. The number of hydrogen-bond donors (Lipinski definition) is 5. The van der Waals surface area contributed by atoms with Crippen LogP contribution >= 0.6 is 11.3 Å². The van der Waals surface area contributed by atoms with Crippen LogP contribution in [0.5, 0.6) is 5.75 Å². The number of nitrogens with two attached hydrogens (primary N) is 1. The van der Waals surface area contributed by atoms with Crippen molar-refractivity contribution in [1.29, 1.82) is 0 Å². The molecule has 3 aromatic rings. The highest BCUT2D eigenvalue weighted by atomic mass is 32.1. The van der Waals surface area contributed by atoms with Crippen molar-refractivity contribution in [3.05, 3.63) is 70.1 Å². The van der Waals surface area contributed by atoms with Crippen LogP contribution in [-0.2, 0) is 15.1 Å². The van der Waals surface area contributed by atoms with Gasteiger partial charge in [-0.2, -0.15) is 0 Å². The Morgan fingerprint density at radius 2 is 1.79 bits per heavy atom. The van der Waals surface area contributed by atoms with E-state index in [1.165, 1.54) is 0 Å². The fraction of sp³-hybridized carbons (Fsp3) is 0.321. The molecular formula is C28H31N3O6S. The number of hydrogen-bond acceptors (Lipinski definition) is 7. The van der Waals surface area contributed by atoms with Crippen molar-refractivity contribution in [3.63, 3.8) is 0 Å². The van der Waals surface area contributed by atoms with Gasteiger partial charge in [0.2, 0.25) is 5.91 Å². The highest BCUT2D eigenvalue weighted by Crippen LogP contribution is 2.43. The minimum atomic E-state index is -1.20. The number of benzene rings is 2. The molecule has 0 spiro atoms. The number of carboxylic acids is 2. The summed E-state index contributed by atoms with van der Waals surface area (Å²) in [7, 11) is 0. The predicted octanol–water partition coefficient (Wildman–Crippen LogP) is 3.99. The zero-order valence-corrected chi connectivity index (χ0v) is 22.1. The van der Waals surface area contributed by atoms with Crippen LogP contribution < -0.4 is 21.1 Å². The Hall–Kier alpha value is -3.89. The molecule has 1 aromatic heterocycles. The minimum Gasteiger partial charge on any atom is -0.480 e. The number of ether oxygens (including phenoxy) is 1. The van der Waals surface area contributed by atoms with Gasteiger partial charge < -0.3 is 31.3 Å². The van der Waals surface area contributed by atoms with E-state index in [-0.39, 0.29) is 16.5 Å². The molecule has 38 heavy (non-hydrogen) atoms. The first-order valence-corrected chi connectivity index (χ1v) is 13.1. The third-order valence-electron chi connectivity index (χ3n) is 6.94. The second kappa shape index (κ2) is 11.2. The van der Waals surface area contributed by atoms with Gasteiger partial charge in [0, 0.05) is 16.1 Å². The fourth-order valence-corrected chi connectivity index (χ4v) is 6.16. The number of aryl methyl sites for hydroxylation is 1. The number of carbonyl (C=O) groups excluding carboxylic acids is 1. The molecule has 1 aliphatic heterocycles. The van der Waals surface area contributed by atoms with Crippen molar-refractivity contribution < 1.29 is 29.3 Å². The Morgan fingerprint density at radius 1 is 1.11 bits per heavy atom. The summed E-state index contributed by atoms with van der Waals surface area (Å²) in [4.78, 5) is 36.7.